The van der Waals surface area contributed by atoms with E-state index in [2.05, 4.69) is 15.5 Å². The van der Waals surface area contributed by atoms with Crippen molar-refractivity contribution in [2.75, 3.05) is 11.1 Å². The summed E-state index contributed by atoms with van der Waals surface area (Å²) < 4.78 is 0.680. The number of carbonyl (C=O) groups excluding carboxylic acids is 2. The minimum atomic E-state index is -0.0455. The van der Waals surface area contributed by atoms with Crippen molar-refractivity contribution in [3.05, 3.63) is 34.9 Å². The predicted octanol–water partition coefficient (Wildman–Crippen LogP) is 4.26. The molecule has 128 valence electrons. The smallest absolute Gasteiger partial charge is 0.226 e. The van der Waals surface area contributed by atoms with Crippen molar-refractivity contribution in [2.45, 2.75) is 44.4 Å². The van der Waals surface area contributed by atoms with Gasteiger partial charge in [-0.25, -0.2) is 0 Å². The van der Waals surface area contributed by atoms with E-state index in [-0.39, 0.29) is 11.7 Å². The molecule has 0 aliphatic rings. The maximum atomic E-state index is 12.3. The van der Waals surface area contributed by atoms with E-state index in [0.29, 0.717) is 21.6 Å². The van der Waals surface area contributed by atoms with Gasteiger partial charge in [-0.1, -0.05) is 60.2 Å². The molecule has 2 rings (SSSR count). The Kier molecular flexibility index (Phi) is 6.93. The molecule has 0 aliphatic heterocycles. The van der Waals surface area contributed by atoms with Gasteiger partial charge in [0.1, 0.15) is 0 Å². The van der Waals surface area contributed by atoms with Crippen molar-refractivity contribution >= 4 is 39.9 Å². The van der Waals surface area contributed by atoms with Gasteiger partial charge in [0.15, 0.2) is 10.1 Å². The first-order chi connectivity index (χ1) is 11.5. The highest BCUT2D eigenvalue weighted by Crippen LogP contribution is 2.26. The SMILES string of the molecule is CCCCC(=O)Nc1nnc(SCC(=O)c2ccc(C)cc2C)s1. The Morgan fingerprint density at radius 1 is 1.25 bits per heavy atom. The predicted molar refractivity (Wildman–Crippen MR) is 99.0 cm³/mol. The summed E-state index contributed by atoms with van der Waals surface area (Å²) in [6.45, 7) is 5.99. The second kappa shape index (κ2) is 8.94. The van der Waals surface area contributed by atoms with Crippen LogP contribution in [0.1, 0.15) is 47.7 Å². The van der Waals surface area contributed by atoms with Gasteiger partial charge in [-0.15, -0.1) is 10.2 Å². The highest BCUT2D eigenvalue weighted by molar-refractivity contribution is 8.01. The molecule has 0 atom stereocenters. The molecule has 24 heavy (non-hydrogen) atoms. The number of hydrogen-bond acceptors (Lipinski definition) is 6. The molecule has 0 radical (unpaired) electrons. The van der Waals surface area contributed by atoms with E-state index in [1.165, 1.54) is 23.1 Å². The fraction of sp³-hybridized carbons (Fsp3) is 0.412. The van der Waals surface area contributed by atoms with Crippen molar-refractivity contribution in [3.8, 4) is 0 Å². The first kappa shape index (κ1) is 18.6. The molecule has 0 saturated heterocycles. The fourth-order valence-electron chi connectivity index (χ4n) is 2.17. The first-order valence-corrected chi connectivity index (χ1v) is 9.66. The highest BCUT2D eigenvalue weighted by atomic mass is 32.2. The van der Waals surface area contributed by atoms with E-state index in [1.807, 2.05) is 39.0 Å². The number of aromatic nitrogens is 2. The Morgan fingerprint density at radius 2 is 2.04 bits per heavy atom. The Balaban J connectivity index is 1.88. The number of ketones is 1. The Hall–Kier alpha value is -1.73. The number of Topliss-reactive ketones (excluding diaryl/α,β-unsaturated/α-hetero) is 1. The van der Waals surface area contributed by atoms with Gasteiger partial charge in [0.2, 0.25) is 11.0 Å². The minimum Gasteiger partial charge on any atom is -0.301 e. The molecule has 1 heterocycles. The van der Waals surface area contributed by atoms with Crippen LogP contribution < -0.4 is 5.32 Å². The monoisotopic (exact) mass is 363 g/mol. The lowest BCUT2D eigenvalue weighted by Crippen LogP contribution is -2.10. The molecule has 7 heteroatoms. The molecular weight excluding hydrogens is 342 g/mol. The lowest BCUT2D eigenvalue weighted by atomic mass is 10.0. The average molecular weight is 364 g/mol. The molecule has 0 spiro atoms. The first-order valence-electron chi connectivity index (χ1n) is 7.86. The van der Waals surface area contributed by atoms with Crippen LogP contribution in [0.25, 0.3) is 0 Å². The van der Waals surface area contributed by atoms with Crippen molar-refractivity contribution in [1.82, 2.24) is 10.2 Å². The van der Waals surface area contributed by atoms with Gasteiger partial charge in [-0.05, 0) is 25.8 Å². The third kappa shape index (κ3) is 5.42. The van der Waals surface area contributed by atoms with Crippen LogP contribution in [0, 0.1) is 13.8 Å². The van der Waals surface area contributed by atoms with Crippen molar-refractivity contribution in [2.24, 2.45) is 0 Å². The normalized spacial score (nSPS) is 10.6. The summed E-state index contributed by atoms with van der Waals surface area (Å²) in [5, 5.41) is 11.2. The topological polar surface area (TPSA) is 72.0 Å². The van der Waals surface area contributed by atoms with Crippen LogP contribution in [0.2, 0.25) is 0 Å². The van der Waals surface area contributed by atoms with Gasteiger partial charge in [-0.2, -0.15) is 0 Å². The third-order valence-electron chi connectivity index (χ3n) is 3.42. The van der Waals surface area contributed by atoms with Crippen LogP contribution in [0.4, 0.5) is 5.13 Å². The maximum Gasteiger partial charge on any atom is 0.226 e. The summed E-state index contributed by atoms with van der Waals surface area (Å²) in [6, 6.07) is 5.82. The lowest BCUT2D eigenvalue weighted by molar-refractivity contribution is -0.116. The second-order valence-corrected chi connectivity index (χ2v) is 7.76. The van der Waals surface area contributed by atoms with Crippen LogP contribution in [0.3, 0.4) is 0 Å². The number of rotatable bonds is 8. The van der Waals surface area contributed by atoms with E-state index < -0.39 is 0 Å². The molecule has 1 aromatic carbocycles. The Labute approximate surface area is 150 Å². The molecule has 0 bridgehead atoms. The zero-order valence-corrected chi connectivity index (χ0v) is 15.7. The number of aryl methyl sites for hydroxylation is 2. The van der Waals surface area contributed by atoms with Gasteiger partial charge in [0.05, 0.1) is 5.75 Å². The minimum absolute atomic E-state index is 0.0455. The van der Waals surface area contributed by atoms with Gasteiger partial charge < -0.3 is 5.32 Å². The number of carbonyl (C=O) groups is 2. The largest absolute Gasteiger partial charge is 0.301 e. The number of benzene rings is 1. The summed E-state index contributed by atoms with van der Waals surface area (Å²) >= 11 is 2.64. The van der Waals surface area contributed by atoms with Crippen molar-refractivity contribution in [1.29, 1.82) is 0 Å². The van der Waals surface area contributed by atoms with Gasteiger partial charge in [0.25, 0.3) is 0 Å². The molecule has 0 saturated carbocycles. The van der Waals surface area contributed by atoms with Crippen LogP contribution in [-0.4, -0.2) is 27.6 Å². The number of nitrogens with one attached hydrogen (secondary N) is 1. The highest BCUT2D eigenvalue weighted by Gasteiger charge is 2.13. The molecule has 1 N–H and O–H groups in total. The molecule has 5 nitrogen and oxygen atoms in total. The zero-order valence-electron chi connectivity index (χ0n) is 14.1. The van der Waals surface area contributed by atoms with E-state index in [4.69, 9.17) is 0 Å². The van der Waals surface area contributed by atoms with Gasteiger partial charge in [-0.3, -0.25) is 9.59 Å². The van der Waals surface area contributed by atoms with E-state index in [9.17, 15) is 9.59 Å². The van der Waals surface area contributed by atoms with E-state index in [0.717, 1.165) is 29.5 Å². The summed E-state index contributed by atoms with van der Waals surface area (Å²) in [6.07, 6.45) is 2.32. The second-order valence-electron chi connectivity index (χ2n) is 5.56. The standard InChI is InChI=1S/C17H21N3O2S2/c1-4-5-6-15(22)18-16-19-20-17(24-16)23-10-14(21)13-8-7-11(2)9-12(13)3/h7-9H,4-6,10H2,1-3H3,(H,18,19,22). The number of anilines is 1. The summed E-state index contributed by atoms with van der Waals surface area (Å²) in [5.41, 5.74) is 2.87. The third-order valence-corrected chi connectivity index (χ3v) is 5.39. The molecule has 1 aromatic heterocycles. The van der Waals surface area contributed by atoms with Crippen molar-refractivity contribution in [3.63, 3.8) is 0 Å². The number of unbranched alkanes of at least 4 members (excludes halogenated alkanes) is 1. The summed E-state index contributed by atoms with van der Waals surface area (Å²) in [7, 11) is 0. The van der Waals surface area contributed by atoms with Crippen LogP contribution in [0.5, 0.6) is 0 Å². The molecule has 1 amide bonds. The maximum absolute atomic E-state index is 12.3. The number of amides is 1. The van der Waals surface area contributed by atoms with Gasteiger partial charge >= 0.3 is 0 Å². The van der Waals surface area contributed by atoms with E-state index in [1.54, 1.807) is 0 Å². The quantitative estimate of drug-likeness (QED) is 0.431. The molecule has 0 fully saturated rings. The van der Waals surface area contributed by atoms with Crippen LogP contribution >= 0.6 is 23.1 Å². The number of hydrogen-bond donors (Lipinski definition) is 1. The molecule has 0 aliphatic carbocycles. The number of nitrogens with zero attached hydrogens (tertiary/aromatic N) is 2. The van der Waals surface area contributed by atoms with Crippen molar-refractivity contribution < 1.29 is 9.59 Å². The molecule has 2 aromatic rings. The Morgan fingerprint density at radius 3 is 2.75 bits per heavy atom. The summed E-state index contributed by atoms with van der Waals surface area (Å²) in [4.78, 5) is 24.0. The zero-order chi connectivity index (χ0) is 17.5. The Bertz CT molecular complexity index is 728. The van der Waals surface area contributed by atoms with Gasteiger partial charge in [0, 0.05) is 12.0 Å². The van der Waals surface area contributed by atoms with E-state index >= 15 is 0 Å². The summed E-state index contributed by atoms with van der Waals surface area (Å²) in [5.74, 6) is 0.333. The molecular formula is C17H21N3O2S2. The van der Waals surface area contributed by atoms with Crippen LogP contribution in [0.15, 0.2) is 22.5 Å². The molecule has 0 unspecified atom stereocenters. The number of thioether (sulfide) groups is 1. The van der Waals surface area contributed by atoms with Crippen LogP contribution in [-0.2, 0) is 4.79 Å². The average Bonchev–Trinajstić information content (AvgIpc) is 2.98. The lowest BCUT2D eigenvalue weighted by Gasteiger charge is -2.04. The fourth-order valence-corrected chi connectivity index (χ4v) is 3.82.